The number of thiazole rings is 1. The Morgan fingerprint density at radius 3 is 2.96 bits per heavy atom. The minimum atomic E-state index is 0.565. The Labute approximate surface area is 148 Å². The van der Waals surface area contributed by atoms with E-state index in [9.17, 15) is 0 Å². The van der Waals surface area contributed by atoms with Crippen LogP contribution in [0.25, 0.3) is 10.6 Å². The summed E-state index contributed by atoms with van der Waals surface area (Å²) in [5, 5.41) is 7.46. The van der Waals surface area contributed by atoms with Gasteiger partial charge in [0.15, 0.2) is 0 Å². The van der Waals surface area contributed by atoms with Crippen LogP contribution in [0.5, 0.6) is 0 Å². The lowest BCUT2D eigenvalue weighted by Gasteiger charge is -2.39. The van der Waals surface area contributed by atoms with Crippen LogP contribution >= 0.6 is 11.3 Å². The number of aryl methyl sites for hydroxylation is 1. The van der Waals surface area contributed by atoms with Gasteiger partial charge in [0.25, 0.3) is 0 Å². The molecule has 1 saturated heterocycles. The standard InChI is InChI=1S/C17H27N5OS/c1-4-23-8-7-22-6-5-21(10-14(22)2)12-16-13-24-17(19-16)15-9-18-20(3)11-15/h9,11,13-14H,4-8,10,12H2,1-3H3. The van der Waals surface area contributed by atoms with Gasteiger partial charge < -0.3 is 4.74 Å². The van der Waals surface area contributed by atoms with Crippen molar-refractivity contribution in [2.75, 3.05) is 39.4 Å². The summed E-state index contributed by atoms with van der Waals surface area (Å²) in [5.74, 6) is 0. The molecule has 0 aromatic carbocycles. The maximum absolute atomic E-state index is 5.48. The molecule has 2 aromatic heterocycles. The Bertz CT molecular complexity index is 640. The van der Waals surface area contributed by atoms with Crippen molar-refractivity contribution in [1.29, 1.82) is 0 Å². The number of piperazine rings is 1. The molecular formula is C17H27N5OS. The van der Waals surface area contributed by atoms with E-state index in [1.807, 2.05) is 24.1 Å². The lowest BCUT2D eigenvalue weighted by Crippen LogP contribution is -2.52. The quantitative estimate of drug-likeness (QED) is 0.716. The van der Waals surface area contributed by atoms with Crippen LogP contribution in [0.2, 0.25) is 0 Å². The van der Waals surface area contributed by atoms with Crippen LogP contribution in [0.3, 0.4) is 0 Å². The zero-order valence-corrected chi connectivity index (χ0v) is 15.6. The molecule has 0 amide bonds. The first-order valence-electron chi connectivity index (χ1n) is 8.63. The third-order valence-corrected chi connectivity index (χ3v) is 5.41. The molecule has 0 radical (unpaired) electrons. The molecule has 3 heterocycles. The summed E-state index contributed by atoms with van der Waals surface area (Å²) in [6, 6.07) is 0.565. The third-order valence-electron chi connectivity index (χ3n) is 4.47. The lowest BCUT2D eigenvalue weighted by molar-refractivity contribution is 0.0463. The molecule has 3 rings (SSSR count). The summed E-state index contributed by atoms with van der Waals surface area (Å²) in [4.78, 5) is 9.81. The van der Waals surface area contributed by atoms with Crippen molar-refractivity contribution < 1.29 is 4.74 Å². The second-order valence-corrected chi connectivity index (χ2v) is 7.22. The predicted molar refractivity (Wildman–Crippen MR) is 97.1 cm³/mol. The largest absolute Gasteiger partial charge is 0.380 e. The third kappa shape index (κ3) is 4.42. The molecule has 24 heavy (non-hydrogen) atoms. The topological polar surface area (TPSA) is 46.4 Å². The fourth-order valence-corrected chi connectivity index (χ4v) is 3.93. The van der Waals surface area contributed by atoms with Gasteiger partial charge in [-0.15, -0.1) is 11.3 Å². The van der Waals surface area contributed by atoms with Crippen LogP contribution in [0.4, 0.5) is 0 Å². The van der Waals surface area contributed by atoms with Crippen molar-refractivity contribution in [2.45, 2.75) is 26.4 Å². The van der Waals surface area contributed by atoms with Crippen molar-refractivity contribution in [3.05, 3.63) is 23.5 Å². The van der Waals surface area contributed by atoms with Crippen LogP contribution in [-0.4, -0.2) is 70.0 Å². The molecule has 2 aromatic rings. The Balaban J connectivity index is 1.51. The van der Waals surface area contributed by atoms with Crippen molar-refractivity contribution in [2.24, 2.45) is 7.05 Å². The SMILES string of the molecule is CCOCCN1CCN(Cc2csc(-c3cnn(C)c3)n2)CC1C. The molecule has 7 heteroatoms. The van der Waals surface area contributed by atoms with Gasteiger partial charge in [-0.25, -0.2) is 4.98 Å². The van der Waals surface area contributed by atoms with Gasteiger partial charge in [0.05, 0.1) is 18.5 Å². The van der Waals surface area contributed by atoms with E-state index in [2.05, 4.69) is 34.1 Å². The second kappa shape index (κ2) is 8.20. The van der Waals surface area contributed by atoms with Gasteiger partial charge in [0, 0.05) is 69.6 Å². The van der Waals surface area contributed by atoms with Gasteiger partial charge in [-0.1, -0.05) is 0 Å². The molecule has 0 N–H and O–H groups in total. The Morgan fingerprint density at radius 2 is 2.25 bits per heavy atom. The first-order chi connectivity index (χ1) is 11.7. The summed E-state index contributed by atoms with van der Waals surface area (Å²) in [7, 11) is 1.93. The van der Waals surface area contributed by atoms with E-state index in [0.717, 1.165) is 62.2 Å². The molecule has 1 aliphatic heterocycles. The minimum Gasteiger partial charge on any atom is -0.380 e. The fraction of sp³-hybridized carbons (Fsp3) is 0.647. The van der Waals surface area contributed by atoms with Crippen LogP contribution in [0.1, 0.15) is 19.5 Å². The van der Waals surface area contributed by atoms with E-state index in [1.54, 1.807) is 11.3 Å². The molecule has 0 spiro atoms. The van der Waals surface area contributed by atoms with E-state index in [1.165, 1.54) is 0 Å². The zero-order valence-electron chi connectivity index (χ0n) is 14.8. The van der Waals surface area contributed by atoms with Gasteiger partial charge in [0.2, 0.25) is 0 Å². The van der Waals surface area contributed by atoms with E-state index in [-0.39, 0.29) is 0 Å². The molecule has 6 nitrogen and oxygen atoms in total. The zero-order chi connectivity index (χ0) is 16.9. The molecule has 1 unspecified atom stereocenters. The Hall–Kier alpha value is -1.28. The van der Waals surface area contributed by atoms with Crippen molar-refractivity contribution in [1.82, 2.24) is 24.6 Å². The molecule has 1 aliphatic rings. The van der Waals surface area contributed by atoms with E-state index in [4.69, 9.17) is 9.72 Å². The molecule has 1 fully saturated rings. The van der Waals surface area contributed by atoms with Crippen molar-refractivity contribution in [3.63, 3.8) is 0 Å². The first kappa shape index (κ1) is 17.5. The van der Waals surface area contributed by atoms with Crippen LogP contribution in [0.15, 0.2) is 17.8 Å². The van der Waals surface area contributed by atoms with Gasteiger partial charge >= 0.3 is 0 Å². The van der Waals surface area contributed by atoms with Gasteiger partial charge in [-0.05, 0) is 13.8 Å². The monoisotopic (exact) mass is 349 g/mol. The fourth-order valence-electron chi connectivity index (χ4n) is 3.15. The van der Waals surface area contributed by atoms with Crippen LogP contribution in [-0.2, 0) is 18.3 Å². The van der Waals surface area contributed by atoms with Crippen LogP contribution in [0, 0.1) is 0 Å². The highest BCUT2D eigenvalue weighted by atomic mass is 32.1. The maximum Gasteiger partial charge on any atom is 0.126 e. The smallest absolute Gasteiger partial charge is 0.126 e. The summed E-state index contributed by atoms with van der Waals surface area (Å²) in [6.45, 7) is 11.2. The molecule has 0 saturated carbocycles. The molecule has 132 valence electrons. The van der Waals surface area contributed by atoms with Crippen molar-refractivity contribution in [3.8, 4) is 10.6 Å². The number of aromatic nitrogens is 3. The van der Waals surface area contributed by atoms with E-state index < -0.39 is 0 Å². The number of hydrogen-bond donors (Lipinski definition) is 0. The number of nitrogens with zero attached hydrogens (tertiary/aromatic N) is 5. The highest BCUT2D eigenvalue weighted by molar-refractivity contribution is 7.13. The molecule has 1 atom stereocenters. The lowest BCUT2D eigenvalue weighted by atomic mass is 10.2. The maximum atomic E-state index is 5.48. The highest BCUT2D eigenvalue weighted by Gasteiger charge is 2.23. The normalized spacial score (nSPS) is 19.9. The number of rotatable bonds is 7. The molecule has 0 bridgehead atoms. The van der Waals surface area contributed by atoms with Crippen molar-refractivity contribution >= 4 is 11.3 Å². The highest BCUT2D eigenvalue weighted by Crippen LogP contribution is 2.24. The number of ether oxygens (including phenoxy) is 1. The summed E-state index contributed by atoms with van der Waals surface area (Å²) >= 11 is 1.70. The van der Waals surface area contributed by atoms with Gasteiger partial charge in [0.1, 0.15) is 5.01 Å². The molecular weight excluding hydrogens is 322 g/mol. The Morgan fingerprint density at radius 1 is 1.38 bits per heavy atom. The average molecular weight is 350 g/mol. The summed E-state index contributed by atoms with van der Waals surface area (Å²) in [6.07, 6.45) is 3.89. The van der Waals surface area contributed by atoms with E-state index >= 15 is 0 Å². The minimum absolute atomic E-state index is 0.565. The number of hydrogen-bond acceptors (Lipinski definition) is 6. The summed E-state index contributed by atoms with van der Waals surface area (Å²) in [5.41, 5.74) is 2.26. The first-order valence-corrected chi connectivity index (χ1v) is 9.51. The Kier molecular flexibility index (Phi) is 5.99. The average Bonchev–Trinajstić information content (AvgIpc) is 3.18. The van der Waals surface area contributed by atoms with Gasteiger partial charge in [-0.3, -0.25) is 14.5 Å². The molecule has 0 aliphatic carbocycles. The second-order valence-electron chi connectivity index (χ2n) is 6.36. The van der Waals surface area contributed by atoms with E-state index in [0.29, 0.717) is 6.04 Å². The van der Waals surface area contributed by atoms with Gasteiger partial charge in [-0.2, -0.15) is 5.10 Å². The van der Waals surface area contributed by atoms with Crippen LogP contribution < -0.4 is 0 Å². The predicted octanol–water partition coefficient (Wildman–Crippen LogP) is 2.09. The summed E-state index contributed by atoms with van der Waals surface area (Å²) < 4.78 is 7.30.